The van der Waals surface area contributed by atoms with Crippen molar-refractivity contribution < 1.29 is 14.0 Å². The number of amides is 3. The van der Waals surface area contributed by atoms with Crippen LogP contribution in [0.25, 0.3) is 0 Å². The van der Waals surface area contributed by atoms with Crippen molar-refractivity contribution in [2.45, 2.75) is 44.2 Å². The average molecular weight is 346 g/mol. The SMILES string of the molecule is O=C(Nc1cc(F)cc(N2CCCC2)c1)NC1CC(=O)N(C2CC2)C1. The fraction of sp³-hybridized carbons (Fsp3) is 0.556. The number of carbonyl (C=O) groups is 2. The number of rotatable bonds is 4. The van der Waals surface area contributed by atoms with E-state index in [0.717, 1.165) is 44.5 Å². The molecule has 0 radical (unpaired) electrons. The molecule has 1 saturated carbocycles. The van der Waals surface area contributed by atoms with Crippen LogP contribution in [0.15, 0.2) is 18.2 Å². The van der Waals surface area contributed by atoms with Crippen molar-refractivity contribution in [2.75, 3.05) is 29.9 Å². The Kier molecular flexibility index (Phi) is 4.23. The number of halogens is 1. The lowest BCUT2D eigenvalue weighted by molar-refractivity contribution is -0.128. The summed E-state index contributed by atoms with van der Waals surface area (Å²) in [6.07, 6.45) is 4.67. The first-order valence-electron chi connectivity index (χ1n) is 9.01. The minimum atomic E-state index is -0.395. The molecule has 0 spiro atoms. The van der Waals surface area contributed by atoms with Gasteiger partial charge < -0.3 is 20.4 Å². The van der Waals surface area contributed by atoms with Gasteiger partial charge in [-0.05, 0) is 43.9 Å². The lowest BCUT2D eigenvalue weighted by Gasteiger charge is -2.19. The van der Waals surface area contributed by atoms with Crippen LogP contribution in [0.2, 0.25) is 0 Å². The lowest BCUT2D eigenvalue weighted by atomic mass is 10.2. The highest BCUT2D eigenvalue weighted by molar-refractivity contribution is 5.91. The first-order valence-corrected chi connectivity index (χ1v) is 9.01. The number of likely N-dealkylation sites (tertiary alicyclic amines) is 1. The van der Waals surface area contributed by atoms with E-state index in [0.29, 0.717) is 24.7 Å². The van der Waals surface area contributed by atoms with Crippen molar-refractivity contribution in [3.63, 3.8) is 0 Å². The van der Waals surface area contributed by atoms with Crippen LogP contribution in [0.4, 0.5) is 20.6 Å². The van der Waals surface area contributed by atoms with Gasteiger partial charge in [-0.1, -0.05) is 0 Å². The maximum absolute atomic E-state index is 13.9. The number of nitrogens with zero attached hydrogens (tertiary/aromatic N) is 2. The molecule has 3 aliphatic rings. The van der Waals surface area contributed by atoms with Gasteiger partial charge in [-0.3, -0.25) is 4.79 Å². The lowest BCUT2D eigenvalue weighted by Crippen LogP contribution is -2.40. The molecule has 0 bridgehead atoms. The van der Waals surface area contributed by atoms with Crippen LogP contribution < -0.4 is 15.5 Å². The van der Waals surface area contributed by atoms with Crippen molar-refractivity contribution in [2.24, 2.45) is 0 Å². The fourth-order valence-corrected chi connectivity index (χ4v) is 3.72. The van der Waals surface area contributed by atoms with Crippen LogP contribution in [0.5, 0.6) is 0 Å². The Balaban J connectivity index is 1.36. The number of hydrogen-bond donors (Lipinski definition) is 2. The molecule has 2 aliphatic heterocycles. The number of benzene rings is 1. The minimum absolute atomic E-state index is 0.106. The maximum atomic E-state index is 13.9. The molecule has 0 aromatic heterocycles. The third kappa shape index (κ3) is 3.70. The van der Waals surface area contributed by atoms with Gasteiger partial charge in [0.1, 0.15) is 5.82 Å². The Morgan fingerprint density at radius 2 is 1.92 bits per heavy atom. The Morgan fingerprint density at radius 3 is 2.64 bits per heavy atom. The first-order chi connectivity index (χ1) is 12.1. The van der Waals surface area contributed by atoms with Crippen molar-refractivity contribution in [1.29, 1.82) is 0 Å². The minimum Gasteiger partial charge on any atom is -0.371 e. The van der Waals surface area contributed by atoms with Gasteiger partial charge in [0.25, 0.3) is 0 Å². The van der Waals surface area contributed by atoms with Crippen LogP contribution in [0.3, 0.4) is 0 Å². The van der Waals surface area contributed by atoms with Crippen LogP contribution >= 0.6 is 0 Å². The highest BCUT2D eigenvalue weighted by atomic mass is 19.1. The van der Waals surface area contributed by atoms with Gasteiger partial charge in [-0.15, -0.1) is 0 Å². The summed E-state index contributed by atoms with van der Waals surface area (Å²) in [5.41, 5.74) is 1.23. The smallest absolute Gasteiger partial charge is 0.319 e. The predicted octanol–water partition coefficient (Wildman–Crippen LogP) is 2.31. The largest absolute Gasteiger partial charge is 0.371 e. The van der Waals surface area contributed by atoms with E-state index >= 15 is 0 Å². The summed E-state index contributed by atoms with van der Waals surface area (Å²) in [7, 11) is 0. The standard InChI is InChI=1S/C18H23FN4O2/c19-12-7-13(9-16(8-12)22-5-1-2-6-22)20-18(25)21-14-10-17(24)23(11-14)15-3-4-15/h7-9,14-15H,1-6,10-11H2,(H2,20,21,25). The Hall–Kier alpha value is -2.31. The van der Waals surface area contributed by atoms with Crippen LogP contribution in [0.1, 0.15) is 32.1 Å². The van der Waals surface area contributed by atoms with Crippen LogP contribution in [-0.4, -0.2) is 48.6 Å². The van der Waals surface area contributed by atoms with E-state index in [1.165, 1.54) is 12.1 Å². The monoisotopic (exact) mass is 346 g/mol. The van der Waals surface area contributed by atoms with Gasteiger partial charge in [0.05, 0.1) is 6.04 Å². The fourth-order valence-electron chi connectivity index (χ4n) is 3.72. The number of urea groups is 1. The Bertz CT molecular complexity index is 686. The van der Waals surface area contributed by atoms with Crippen LogP contribution in [-0.2, 0) is 4.79 Å². The zero-order valence-electron chi connectivity index (χ0n) is 14.1. The summed E-state index contributed by atoms with van der Waals surface area (Å²) in [6, 6.07) is 4.40. The molecule has 3 amide bonds. The molecule has 2 saturated heterocycles. The second-order valence-electron chi connectivity index (χ2n) is 7.17. The number of hydrogen-bond acceptors (Lipinski definition) is 3. The molecular weight excluding hydrogens is 323 g/mol. The molecule has 7 heteroatoms. The quantitative estimate of drug-likeness (QED) is 0.879. The normalized spacial score (nSPS) is 23.2. The topological polar surface area (TPSA) is 64.7 Å². The van der Waals surface area contributed by atoms with E-state index in [9.17, 15) is 14.0 Å². The van der Waals surface area contributed by atoms with Crippen molar-refractivity contribution in [3.05, 3.63) is 24.0 Å². The molecule has 2 N–H and O–H groups in total. The molecule has 1 aromatic rings. The summed E-state index contributed by atoms with van der Waals surface area (Å²) in [6.45, 7) is 2.39. The Labute approximate surface area is 146 Å². The zero-order valence-corrected chi connectivity index (χ0v) is 14.1. The molecule has 2 heterocycles. The van der Waals surface area contributed by atoms with E-state index in [2.05, 4.69) is 15.5 Å². The van der Waals surface area contributed by atoms with Gasteiger partial charge in [-0.25, -0.2) is 9.18 Å². The zero-order chi connectivity index (χ0) is 17.4. The van der Waals surface area contributed by atoms with Gasteiger partial charge in [0.2, 0.25) is 5.91 Å². The highest BCUT2D eigenvalue weighted by Crippen LogP contribution is 2.30. The summed E-state index contributed by atoms with van der Waals surface area (Å²) < 4.78 is 13.9. The second-order valence-corrected chi connectivity index (χ2v) is 7.17. The van der Waals surface area contributed by atoms with Gasteiger partial charge in [0.15, 0.2) is 0 Å². The highest BCUT2D eigenvalue weighted by Gasteiger charge is 2.39. The maximum Gasteiger partial charge on any atom is 0.319 e. The van der Waals surface area contributed by atoms with Crippen LogP contribution in [0, 0.1) is 5.82 Å². The number of carbonyl (C=O) groups excluding carboxylic acids is 2. The second kappa shape index (κ2) is 6.54. The van der Waals surface area contributed by atoms with E-state index in [4.69, 9.17) is 0 Å². The Morgan fingerprint density at radius 1 is 1.16 bits per heavy atom. The predicted molar refractivity (Wildman–Crippen MR) is 93.1 cm³/mol. The van der Waals surface area contributed by atoms with Crippen molar-refractivity contribution >= 4 is 23.3 Å². The van der Waals surface area contributed by atoms with E-state index in [1.807, 2.05) is 4.90 Å². The van der Waals surface area contributed by atoms with Crippen molar-refractivity contribution in [3.8, 4) is 0 Å². The molecule has 1 unspecified atom stereocenters. The molecule has 25 heavy (non-hydrogen) atoms. The summed E-state index contributed by atoms with van der Waals surface area (Å²) in [5.74, 6) is -0.259. The van der Waals surface area contributed by atoms with E-state index in [1.54, 1.807) is 6.07 Å². The average Bonchev–Trinajstić information content (AvgIpc) is 3.10. The molecule has 134 valence electrons. The third-order valence-corrected chi connectivity index (χ3v) is 5.09. The summed E-state index contributed by atoms with van der Waals surface area (Å²) in [4.78, 5) is 28.1. The molecule has 1 atom stereocenters. The van der Waals surface area contributed by atoms with Crippen molar-refractivity contribution in [1.82, 2.24) is 10.2 Å². The molecular formula is C18H23FN4O2. The summed E-state index contributed by atoms with van der Waals surface area (Å²) >= 11 is 0. The van der Waals surface area contributed by atoms with E-state index in [-0.39, 0.29) is 17.8 Å². The molecule has 4 rings (SSSR count). The number of nitrogens with one attached hydrogen (secondary N) is 2. The summed E-state index contributed by atoms with van der Waals surface area (Å²) in [5, 5.41) is 5.53. The molecule has 3 fully saturated rings. The molecule has 6 nitrogen and oxygen atoms in total. The third-order valence-electron chi connectivity index (χ3n) is 5.09. The van der Waals surface area contributed by atoms with E-state index < -0.39 is 6.03 Å². The molecule has 1 aromatic carbocycles. The first kappa shape index (κ1) is 16.2. The van der Waals surface area contributed by atoms with Gasteiger partial charge in [0, 0.05) is 43.5 Å². The van der Waals surface area contributed by atoms with Gasteiger partial charge >= 0.3 is 6.03 Å². The number of anilines is 2. The molecule has 1 aliphatic carbocycles. The van der Waals surface area contributed by atoms with Gasteiger partial charge in [-0.2, -0.15) is 0 Å².